The van der Waals surface area contributed by atoms with Gasteiger partial charge >= 0.3 is 0 Å². The smallest absolute Gasteiger partial charge is 0.261 e. The Morgan fingerprint density at radius 3 is 2.47 bits per heavy atom. The number of nitrogens with one attached hydrogen (secondary N) is 1. The fourth-order valence-electron chi connectivity index (χ4n) is 2.13. The van der Waals surface area contributed by atoms with E-state index in [0.29, 0.717) is 11.1 Å². The number of hydrogen-bond donors (Lipinski definition) is 2. The first-order valence-electron chi connectivity index (χ1n) is 5.45. The van der Waals surface area contributed by atoms with Crippen molar-refractivity contribution >= 4 is 5.91 Å². The second kappa shape index (κ2) is 4.92. The number of piperazine rings is 1. The van der Waals surface area contributed by atoms with Gasteiger partial charge in [-0.3, -0.25) is 9.69 Å². The van der Waals surface area contributed by atoms with E-state index in [2.05, 4.69) is 17.4 Å². The van der Waals surface area contributed by atoms with Crippen molar-refractivity contribution in [1.29, 1.82) is 0 Å². The lowest BCUT2D eigenvalue weighted by Gasteiger charge is -2.43. The molecule has 0 bridgehead atoms. The van der Waals surface area contributed by atoms with Crippen molar-refractivity contribution < 1.29 is 14.5 Å². The van der Waals surface area contributed by atoms with Crippen LogP contribution in [0.5, 0.6) is 0 Å². The van der Waals surface area contributed by atoms with Crippen LogP contribution in [0.1, 0.15) is 13.8 Å². The Hall–Kier alpha value is -0.650. The van der Waals surface area contributed by atoms with E-state index in [1.54, 1.807) is 6.92 Å². The van der Waals surface area contributed by atoms with Gasteiger partial charge in [0, 0.05) is 20.0 Å². The Morgan fingerprint density at radius 1 is 1.53 bits per heavy atom. The van der Waals surface area contributed by atoms with E-state index in [0.717, 1.165) is 26.2 Å². The van der Waals surface area contributed by atoms with Crippen molar-refractivity contribution in [1.82, 2.24) is 10.3 Å². The van der Waals surface area contributed by atoms with Crippen LogP contribution in [0, 0.1) is 0 Å². The minimum atomic E-state index is -0.389. The Labute approximate surface area is 91.2 Å². The minimum Gasteiger partial charge on any atom is -0.387 e. The summed E-state index contributed by atoms with van der Waals surface area (Å²) in [6.45, 7) is 7.51. The third-order valence-corrected chi connectivity index (χ3v) is 2.83. The molecule has 0 aromatic heterocycles. The average Bonchev–Trinajstić information content (AvgIpc) is 2.08. The number of carbonyl (C=O) groups excluding carboxylic acids is 1. The molecule has 1 saturated heterocycles. The summed E-state index contributed by atoms with van der Waals surface area (Å²) in [6, 6.07) is 0. The standard InChI is InChI=1S/C10H21N3O2/c1-9(14)8-13(11-10(2)15)6-4-12(3)5-7-13/h9,14H,4-8H2,1-3H3/p+1. The molecule has 5 heteroatoms. The number of carbonyl (C=O) groups is 1. The van der Waals surface area contributed by atoms with Crippen molar-refractivity contribution in [2.24, 2.45) is 0 Å². The molecular formula is C10H22N3O2+. The number of quaternary nitrogens is 1. The first kappa shape index (κ1) is 12.4. The van der Waals surface area contributed by atoms with Crippen LogP contribution in [-0.4, -0.2) is 66.4 Å². The second-order valence-corrected chi connectivity index (χ2v) is 4.60. The predicted octanol–water partition coefficient (Wildman–Crippen LogP) is -0.819. The lowest BCUT2D eigenvalue weighted by Crippen LogP contribution is -2.68. The number of nitrogens with zero attached hydrogens (tertiary/aromatic N) is 2. The van der Waals surface area contributed by atoms with Crippen LogP contribution < -0.4 is 5.43 Å². The molecule has 5 nitrogen and oxygen atoms in total. The van der Waals surface area contributed by atoms with Gasteiger partial charge in [-0.05, 0) is 14.0 Å². The van der Waals surface area contributed by atoms with E-state index >= 15 is 0 Å². The molecule has 1 unspecified atom stereocenters. The van der Waals surface area contributed by atoms with Crippen molar-refractivity contribution in [3.63, 3.8) is 0 Å². The molecule has 0 aromatic rings. The highest BCUT2D eigenvalue weighted by molar-refractivity contribution is 5.71. The van der Waals surface area contributed by atoms with Gasteiger partial charge in [-0.1, -0.05) is 0 Å². The maximum absolute atomic E-state index is 11.2. The van der Waals surface area contributed by atoms with Gasteiger partial charge in [-0.15, -0.1) is 0 Å². The quantitative estimate of drug-likeness (QED) is 0.606. The van der Waals surface area contributed by atoms with Crippen LogP contribution in [0.3, 0.4) is 0 Å². The molecule has 1 fully saturated rings. The molecule has 1 heterocycles. The third-order valence-electron chi connectivity index (χ3n) is 2.83. The number of aliphatic hydroxyl groups excluding tert-OH is 1. The van der Waals surface area contributed by atoms with Crippen LogP contribution in [0.2, 0.25) is 0 Å². The van der Waals surface area contributed by atoms with Gasteiger partial charge in [0.1, 0.15) is 25.7 Å². The van der Waals surface area contributed by atoms with E-state index in [4.69, 9.17) is 0 Å². The van der Waals surface area contributed by atoms with E-state index in [9.17, 15) is 9.90 Å². The maximum atomic E-state index is 11.2. The summed E-state index contributed by atoms with van der Waals surface area (Å²) in [5.74, 6) is -0.0276. The zero-order valence-electron chi connectivity index (χ0n) is 9.86. The molecular weight excluding hydrogens is 194 g/mol. The molecule has 1 aliphatic heterocycles. The molecule has 0 saturated carbocycles. The second-order valence-electron chi connectivity index (χ2n) is 4.60. The highest BCUT2D eigenvalue weighted by Crippen LogP contribution is 2.10. The molecule has 0 radical (unpaired) electrons. The Balaban J connectivity index is 2.64. The van der Waals surface area contributed by atoms with E-state index in [1.165, 1.54) is 6.92 Å². The first-order chi connectivity index (χ1) is 6.93. The van der Waals surface area contributed by atoms with Gasteiger partial charge in [0.2, 0.25) is 0 Å². The Bertz CT molecular complexity index is 223. The molecule has 1 atom stereocenters. The molecule has 15 heavy (non-hydrogen) atoms. The van der Waals surface area contributed by atoms with Crippen molar-refractivity contribution in [2.45, 2.75) is 20.0 Å². The lowest BCUT2D eigenvalue weighted by molar-refractivity contribution is -0.967. The average molecular weight is 216 g/mol. The summed E-state index contributed by atoms with van der Waals surface area (Å²) in [6.07, 6.45) is -0.389. The molecule has 2 N–H and O–H groups in total. The molecule has 88 valence electrons. The van der Waals surface area contributed by atoms with Crippen molar-refractivity contribution in [3.8, 4) is 0 Å². The largest absolute Gasteiger partial charge is 0.387 e. The summed E-state index contributed by atoms with van der Waals surface area (Å²) >= 11 is 0. The fraction of sp³-hybridized carbons (Fsp3) is 0.900. The summed E-state index contributed by atoms with van der Waals surface area (Å²) in [5.41, 5.74) is 2.96. The normalized spacial score (nSPS) is 23.5. The van der Waals surface area contributed by atoms with Gasteiger partial charge in [-0.2, -0.15) is 0 Å². The molecule has 1 amide bonds. The molecule has 1 rings (SSSR count). The number of amides is 1. The molecule has 0 aromatic carbocycles. The number of aliphatic hydroxyl groups is 1. The summed E-state index contributed by atoms with van der Waals surface area (Å²) < 4.78 is 0.511. The lowest BCUT2D eigenvalue weighted by atomic mass is 10.2. The van der Waals surface area contributed by atoms with Crippen molar-refractivity contribution in [2.75, 3.05) is 39.8 Å². The molecule has 1 aliphatic rings. The van der Waals surface area contributed by atoms with Gasteiger partial charge in [-0.25, -0.2) is 10.0 Å². The topological polar surface area (TPSA) is 52.6 Å². The third kappa shape index (κ3) is 3.77. The zero-order chi connectivity index (χ0) is 11.5. The van der Waals surface area contributed by atoms with Gasteiger partial charge in [0.25, 0.3) is 5.91 Å². The number of likely N-dealkylation sites (N-methyl/N-ethyl adjacent to an activating group) is 1. The SMILES string of the molecule is CC(=O)N[N+]1(CC(C)O)CCN(C)CC1. The van der Waals surface area contributed by atoms with Gasteiger partial charge in [0.05, 0.1) is 0 Å². The van der Waals surface area contributed by atoms with Crippen LogP contribution in [0.4, 0.5) is 0 Å². The number of hydrogen-bond acceptors (Lipinski definition) is 3. The van der Waals surface area contributed by atoms with Gasteiger partial charge in [0.15, 0.2) is 0 Å². The van der Waals surface area contributed by atoms with Crippen LogP contribution in [0.25, 0.3) is 0 Å². The molecule has 0 spiro atoms. The van der Waals surface area contributed by atoms with Gasteiger partial charge < -0.3 is 5.11 Å². The van der Waals surface area contributed by atoms with E-state index < -0.39 is 0 Å². The minimum absolute atomic E-state index is 0.0276. The van der Waals surface area contributed by atoms with Crippen LogP contribution in [-0.2, 0) is 4.79 Å². The van der Waals surface area contributed by atoms with Crippen LogP contribution in [0.15, 0.2) is 0 Å². The zero-order valence-corrected chi connectivity index (χ0v) is 9.86. The summed E-state index contributed by atoms with van der Waals surface area (Å²) in [4.78, 5) is 13.4. The van der Waals surface area contributed by atoms with Crippen molar-refractivity contribution in [3.05, 3.63) is 0 Å². The van der Waals surface area contributed by atoms with E-state index in [1.807, 2.05) is 0 Å². The maximum Gasteiger partial charge on any atom is 0.261 e. The first-order valence-corrected chi connectivity index (χ1v) is 5.45. The number of rotatable bonds is 3. The van der Waals surface area contributed by atoms with E-state index in [-0.39, 0.29) is 12.0 Å². The highest BCUT2D eigenvalue weighted by atomic mass is 16.3. The highest BCUT2D eigenvalue weighted by Gasteiger charge is 2.34. The summed E-state index contributed by atoms with van der Waals surface area (Å²) in [5, 5.41) is 9.47. The summed E-state index contributed by atoms with van der Waals surface area (Å²) in [7, 11) is 2.07. The molecule has 0 aliphatic carbocycles. The fourth-order valence-corrected chi connectivity index (χ4v) is 2.13. The Kier molecular flexibility index (Phi) is 4.07. The monoisotopic (exact) mass is 216 g/mol. The van der Waals surface area contributed by atoms with Crippen LogP contribution >= 0.6 is 0 Å². The predicted molar refractivity (Wildman–Crippen MR) is 57.9 cm³/mol. The Morgan fingerprint density at radius 2 is 2.07 bits per heavy atom.